The number of aromatic nitrogens is 2. The first kappa shape index (κ1) is 11.6. The van der Waals surface area contributed by atoms with Gasteiger partial charge >= 0.3 is 0 Å². The number of rotatable bonds is 2. The molecule has 1 fully saturated rings. The molecule has 94 valence electrons. The highest BCUT2D eigenvalue weighted by molar-refractivity contribution is 5.78. The van der Waals surface area contributed by atoms with Crippen LogP contribution >= 0.6 is 0 Å². The highest BCUT2D eigenvalue weighted by Gasteiger charge is 2.23. The standard InChI is InChI=1S/C14H17N3O/c15-13(10-4-8-18-9-5-10)11-2-1-3-12-14(11)17-7-6-16-12/h1-3,6-7,10,13H,4-5,8-9,15H2. The fourth-order valence-corrected chi connectivity index (χ4v) is 2.61. The summed E-state index contributed by atoms with van der Waals surface area (Å²) in [7, 11) is 0. The molecule has 0 bridgehead atoms. The minimum absolute atomic E-state index is 0.0225. The van der Waals surface area contributed by atoms with E-state index in [1.165, 1.54) is 0 Å². The zero-order valence-electron chi connectivity index (χ0n) is 10.2. The minimum atomic E-state index is 0.0225. The summed E-state index contributed by atoms with van der Waals surface area (Å²) in [5.41, 5.74) is 9.36. The van der Waals surface area contributed by atoms with E-state index >= 15 is 0 Å². The van der Waals surface area contributed by atoms with Gasteiger partial charge in [0.25, 0.3) is 0 Å². The van der Waals surface area contributed by atoms with Crippen LogP contribution in [0.25, 0.3) is 11.0 Å². The highest BCUT2D eigenvalue weighted by atomic mass is 16.5. The van der Waals surface area contributed by atoms with Crippen molar-refractivity contribution in [1.29, 1.82) is 0 Å². The summed E-state index contributed by atoms with van der Waals surface area (Å²) >= 11 is 0. The Bertz CT molecular complexity index is 532. The molecule has 4 heteroatoms. The van der Waals surface area contributed by atoms with Crippen molar-refractivity contribution in [1.82, 2.24) is 9.97 Å². The van der Waals surface area contributed by atoms with Crippen molar-refractivity contribution < 1.29 is 4.74 Å². The summed E-state index contributed by atoms with van der Waals surface area (Å²) in [5.74, 6) is 0.478. The molecule has 1 saturated heterocycles. The highest BCUT2D eigenvalue weighted by Crippen LogP contribution is 2.30. The fourth-order valence-electron chi connectivity index (χ4n) is 2.61. The largest absolute Gasteiger partial charge is 0.381 e. The average molecular weight is 243 g/mol. The first-order valence-electron chi connectivity index (χ1n) is 6.39. The van der Waals surface area contributed by atoms with E-state index in [0.29, 0.717) is 5.92 Å². The van der Waals surface area contributed by atoms with Gasteiger partial charge < -0.3 is 10.5 Å². The van der Waals surface area contributed by atoms with Crippen LogP contribution in [0.4, 0.5) is 0 Å². The van der Waals surface area contributed by atoms with Gasteiger partial charge in [-0.25, -0.2) is 0 Å². The number of hydrogen-bond donors (Lipinski definition) is 1. The van der Waals surface area contributed by atoms with Gasteiger partial charge in [-0.05, 0) is 30.4 Å². The van der Waals surface area contributed by atoms with E-state index in [0.717, 1.165) is 42.7 Å². The number of nitrogens with zero attached hydrogens (tertiary/aromatic N) is 2. The van der Waals surface area contributed by atoms with Gasteiger partial charge in [0.1, 0.15) is 0 Å². The molecule has 4 nitrogen and oxygen atoms in total. The molecule has 18 heavy (non-hydrogen) atoms. The van der Waals surface area contributed by atoms with Gasteiger partial charge in [0.2, 0.25) is 0 Å². The van der Waals surface area contributed by atoms with Crippen molar-refractivity contribution in [2.45, 2.75) is 18.9 Å². The minimum Gasteiger partial charge on any atom is -0.381 e. The third-order valence-corrected chi connectivity index (χ3v) is 3.66. The van der Waals surface area contributed by atoms with E-state index in [1.54, 1.807) is 12.4 Å². The van der Waals surface area contributed by atoms with E-state index in [4.69, 9.17) is 10.5 Å². The molecule has 0 radical (unpaired) electrons. The molecule has 1 aromatic carbocycles. The van der Waals surface area contributed by atoms with Crippen LogP contribution < -0.4 is 5.73 Å². The van der Waals surface area contributed by atoms with Crippen LogP contribution in [0, 0.1) is 5.92 Å². The molecule has 0 spiro atoms. The topological polar surface area (TPSA) is 61.0 Å². The SMILES string of the molecule is NC(c1cccc2nccnc12)C1CCOCC1. The van der Waals surface area contributed by atoms with Gasteiger partial charge in [-0.2, -0.15) is 0 Å². The molecule has 0 aliphatic carbocycles. The third kappa shape index (κ3) is 2.09. The lowest BCUT2D eigenvalue weighted by molar-refractivity contribution is 0.0585. The monoisotopic (exact) mass is 243 g/mol. The van der Waals surface area contributed by atoms with Crippen LogP contribution in [0.3, 0.4) is 0 Å². The second-order valence-electron chi connectivity index (χ2n) is 4.75. The van der Waals surface area contributed by atoms with Crippen molar-refractivity contribution >= 4 is 11.0 Å². The maximum absolute atomic E-state index is 6.41. The number of hydrogen-bond acceptors (Lipinski definition) is 4. The smallest absolute Gasteiger partial charge is 0.0934 e. The Hall–Kier alpha value is -1.52. The number of fused-ring (bicyclic) bond motifs is 1. The predicted octanol–water partition coefficient (Wildman–Crippen LogP) is 2.06. The summed E-state index contributed by atoms with van der Waals surface area (Å²) < 4.78 is 5.39. The molecule has 1 unspecified atom stereocenters. The van der Waals surface area contributed by atoms with Gasteiger partial charge in [-0.15, -0.1) is 0 Å². The Morgan fingerprint density at radius 3 is 2.78 bits per heavy atom. The second-order valence-corrected chi connectivity index (χ2v) is 4.75. The van der Waals surface area contributed by atoms with Crippen molar-refractivity contribution in [3.8, 4) is 0 Å². The Labute approximate surface area is 106 Å². The lowest BCUT2D eigenvalue weighted by Crippen LogP contribution is -2.27. The molecular weight excluding hydrogens is 226 g/mol. The number of ether oxygens (including phenoxy) is 1. The third-order valence-electron chi connectivity index (χ3n) is 3.66. The van der Waals surface area contributed by atoms with Gasteiger partial charge in [-0.1, -0.05) is 12.1 Å². The van der Waals surface area contributed by atoms with Gasteiger partial charge in [0.15, 0.2) is 0 Å². The molecule has 1 atom stereocenters. The molecule has 0 amide bonds. The van der Waals surface area contributed by atoms with E-state index < -0.39 is 0 Å². The lowest BCUT2D eigenvalue weighted by Gasteiger charge is -2.28. The molecule has 1 aliphatic heterocycles. The zero-order valence-corrected chi connectivity index (χ0v) is 10.2. The van der Waals surface area contributed by atoms with Gasteiger partial charge in [0, 0.05) is 31.6 Å². The first-order valence-corrected chi connectivity index (χ1v) is 6.39. The van der Waals surface area contributed by atoms with E-state index in [2.05, 4.69) is 16.0 Å². The van der Waals surface area contributed by atoms with Crippen LogP contribution in [0.15, 0.2) is 30.6 Å². The Kier molecular flexibility index (Phi) is 3.21. The van der Waals surface area contributed by atoms with E-state index in [1.807, 2.05) is 12.1 Å². The second kappa shape index (κ2) is 5.00. The van der Waals surface area contributed by atoms with Crippen LogP contribution in [0.5, 0.6) is 0 Å². The number of nitrogens with two attached hydrogens (primary N) is 1. The maximum atomic E-state index is 6.41. The average Bonchev–Trinajstić information content (AvgIpc) is 2.47. The molecule has 3 rings (SSSR count). The summed E-state index contributed by atoms with van der Waals surface area (Å²) in [6.45, 7) is 1.63. The summed E-state index contributed by atoms with van der Waals surface area (Å²) in [4.78, 5) is 8.75. The van der Waals surface area contributed by atoms with Crippen molar-refractivity contribution in [2.75, 3.05) is 13.2 Å². The van der Waals surface area contributed by atoms with Crippen molar-refractivity contribution in [3.63, 3.8) is 0 Å². The van der Waals surface area contributed by atoms with Crippen LogP contribution in [0.1, 0.15) is 24.4 Å². The molecule has 2 N–H and O–H groups in total. The van der Waals surface area contributed by atoms with Crippen molar-refractivity contribution in [2.24, 2.45) is 11.7 Å². The zero-order chi connectivity index (χ0) is 12.4. The van der Waals surface area contributed by atoms with E-state index in [9.17, 15) is 0 Å². The summed E-state index contributed by atoms with van der Waals surface area (Å²) in [6.07, 6.45) is 5.49. The Balaban J connectivity index is 1.97. The molecule has 1 aromatic heterocycles. The summed E-state index contributed by atoms with van der Waals surface area (Å²) in [6, 6.07) is 6.07. The predicted molar refractivity (Wildman–Crippen MR) is 70.0 cm³/mol. The molecule has 2 aromatic rings. The Morgan fingerprint density at radius 1 is 1.17 bits per heavy atom. The maximum Gasteiger partial charge on any atom is 0.0934 e. The summed E-state index contributed by atoms with van der Waals surface area (Å²) in [5, 5.41) is 0. The van der Waals surface area contributed by atoms with Gasteiger partial charge in [-0.3, -0.25) is 9.97 Å². The lowest BCUT2D eigenvalue weighted by atomic mass is 9.87. The van der Waals surface area contributed by atoms with Gasteiger partial charge in [0.05, 0.1) is 11.0 Å². The van der Waals surface area contributed by atoms with E-state index in [-0.39, 0.29) is 6.04 Å². The fraction of sp³-hybridized carbons (Fsp3) is 0.429. The Morgan fingerprint density at radius 2 is 1.94 bits per heavy atom. The molecule has 0 saturated carbocycles. The molecule has 1 aliphatic rings. The van der Waals surface area contributed by atoms with Crippen LogP contribution in [-0.2, 0) is 4.74 Å². The first-order chi connectivity index (χ1) is 8.86. The molecule has 2 heterocycles. The quantitative estimate of drug-likeness (QED) is 0.877. The van der Waals surface area contributed by atoms with Crippen molar-refractivity contribution in [3.05, 3.63) is 36.2 Å². The van der Waals surface area contributed by atoms with Crippen LogP contribution in [0.2, 0.25) is 0 Å². The normalized spacial score (nSPS) is 18.9. The molecular formula is C14H17N3O. The number of benzene rings is 1. The van der Waals surface area contributed by atoms with Crippen LogP contribution in [-0.4, -0.2) is 23.2 Å². The number of para-hydroxylation sites is 1.